The predicted molar refractivity (Wildman–Crippen MR) is 115 cm³/mol. The van der Waals surface area contributed by atoms with Crippen LogP contribution in [0.5, 0.6) is 0 Å². The second kappa shape index (κ2) is 4.54. The van der Waals surface area contributed by atoms with Gasteiger partial charge in [0.15, 0.2) is 0 Å². The zero-order valence-electron chi connectivity index (χ0n) is 14.3. The van der Waals surface area contributed by atoms with Gasteiger partial charge in [0, 0.05) is 42.9 Å². The molecule has 0 atom stereocenters. The van der Waals surface area contributed by atoms with E-state index in [1.807, 2.05) is 6.07 Å². The fourth-order valence-electron chi connectivity index (χ4n) is 4.84. The van der Waals surface area contributed by atoms with Gasteiger partial charge in [0.1, 0.15) is 0 Å². The minimum absolute atomic E-state index is 0.766. The molecular weight excluding hydrogens is 352 g/mol. The number of halogens is 1. The molecule has 0 aliphatic heterocycles. The fraction of sp³-hybridized carbons (Fsp3) is 0. The zero-order chi connectivity index (χ0) is 17.7. The Balaban J connectivity index is 1.93. The lowest BCUT2D eigenvalue weighted by Gasteiger charge is -1.98. The Morgan fingerprint density at radius 1 is 0.667 bits per heavy atom. The maximum absolute atomic E-state index is 6.32. The fourth-order valence-corrected chi connectivity index (χ4v) is 5.02. The van der Waals surface area contributed by atoms with Crippen LogP contribution in [0, 0.1) is 0 Å². The van der Waals surface area contributed by atoms with Gasteiger partial charge in [0.05, 0.1) is 22.1 Å². The normalized spacial score (nSPS) is 12.6. The number of rotatable bonds is 0. The molecule has 27 heavy (non-hydrogen) atoms. The Bertz CT molecular complexity index is 1680. The van der Waals surface area contributed by atoms with Gasteiger partial charge in [-0.15, -0.1) is 0 Å². The van der Waals surface area contributed by atoms with Crippen molar-refractivity contribution < 1.29 is 0 Å². The van der Waals surface area contributed by atoms with Crippen LogP contribution in [0.2, 0.25) is 5.02 Å². The Morgan fingerprint density at radius 3 is 2.26 bits per heavy atom. The third kappa shape index (κ3) is 1.54. The van der Waals surface area contributed by atoms with Crippen molar-refractivity contribution in [1.82, 2.24) is 9.38 Å². The molecule has 3 heterocycles. The van der Waals surface area contributed by atoms with Gasteiger partial charge in [-0.05, 0) is 36.4 Å². The average molecular weight is 365 g/mol. The molecule has 0 saturated heterocycles. The average Bonchev–Trinajstić information content (AvgIpc) is 3.33. The van der Waals surface area contributed by atoms with Crippen molar-refractivity contribution in [2.45, 2.75) is 0 Å². The van der Waals surface area contributed by atoms with Crippen molar-refractivity contribution >= 4 is 71.5 Å². The number of H-pyrrole nitrogens is 1. The molecule has 0 saturated carbocycles. The lowest BCUT2D eigenvalue weighted by molar-refractivity contribution is 1.37. The first-order chi connectivity index (χ1) is 13.3. The van der Waals surface area contributed by atoms with Crippen LogP contribution in [0.1, 0.15) is 0 Å². The Kier molecular flexibility index (Phi) is 2.34. The predicted octanol–water partition coefficient (Wildman–Crippen LogP) is 7.12. The first kappa shape index (κ1) is 13.9. The first-order valence-corrected chi connectivity index (χ1v) is 9.46. The highest BCUT2D eigenvalue weighted by atomic mass is 35.5. The molecule has 0 bridgehead atoms. The molecule has 3 heteroatoms. The van der Waals surface area contributed by atoms with Crippen LogP contribution in [0.3, 0.4) is 0 Å². The summed E-state index contributed by atoms with van der Waals surface area (Å²) in [6.45, 7) is 0. The number of benzene rings is 4. The maximum Gasteiger partial charge on any atom is 0.0641 e. The van der Waals surface area contributed by atoms with E-state index in [0.29, 0.717) is 0 Å². The van der Waals surface area contributed by atoms with E-state index >= 15 is 0 Å². The molecule has 1 N–H and O–H groups in total. The minimum atomic E-state index is 0.766. The molecule has 0 unspecified atom stereocenters. The van der Waals surface area contributed by atoms with Gasteiger partial charge in [-0.3, -0.25) is 0 Å². The summed E-state index contributed by atoms with van der Waals surface area (Å²) in [4.78, 5) is 3.66. The summed E-state index contributed by atoms with van der Waals surface area (Å²) in [7, 11) is 0. The molecule has 0 radical (unpaired) electrons. The van der Waals surface area contributed by atoms with Gasteiger partial charge in [-0.1, -0.05) is 48.0 Å². The van der Waals surface area contributed by atoms with E-state index in [9.17, 15) is 0 Å². The minimum Gasteiger partial charge on any atom is -0.354 e. The Labute approximate surface area is 158 Å². The van der Waals surface area contributed by atoms with E-state index in [4.69, 9.17) is 11.6 Å². The van der Waals surface area contributed by atoms with E-state index in [1.165, 1.54) is 54.4 Å². The SMILES string of the molecule is Clc1ccc2[nH]c3c(cc4c5ccccc5n5c6ccccc6c3c45)c2c1. The topological polar surface area (TPSA) is 20.2 Å². The lowest BCUT2D eigenvalue weighted by Crippen LogP contribution is -1.78. The molecule has 126 valence electrons. The van der Waals surface area contributed by atoms with Crippen LogP contribution in [0.15, 0.2) is 72.8 Å². The third-order valence-corrected chi connectivity index (χ3v) is 6.14. The smallest absolute Gasteiger partial charge is 0.0641 e. The second-order valence-corrected chi connectivity index (χ2v) is 7.69. The molecule has 3 aromatic heterocycles. The summed E-state index contributed by atoms with van der Waals surface area (Å²) in [5, 5.41) is 8.34. The molecule has 7 rings (SSSR count). The van der Waals surface area contributed by atoms with Crippen LogP contribution in [-0.4, -0.2) is 9.38 Å². The summed E-state index contributed by atoms with van der Waals surface area (Å²) in [5.41, 5.74) is 6.12. The number of aromatic nitrogens is 2. The van der Waals surface area contributed by atoms with Gasteiger partial charge in [-0.25, -0.2) is 0 Å². The van der Waals surface area contributed by atoms with Gasteiger partial charge in [0.25, 0.3) is 0 Å². The molecule has 0 amide bonds. The van der Waals surface area contributed by atoms with Crippen LogP contribution < -0.4 is 0 Å². The number of fused-ring (bicyclic) bond motifs is 10. The van der Waals surface area contributed by atoms with Gasteiger partial charge in [-0.2, -0.15) is 0 Å². The summed E-state index contributed by atoms with van der Waals surface area (Å²) in [6.07, 6.45) is 0. The van der Waals surface area contributed by atoms with Crippen LogP contribution >= 0.6 is 11.6 Å². The molecule has 0 aliphatic carbocycles. The molecule has 2 nitrogen and oxygen atoms in total. The number of hydrogen-bond donors (Lipinski definition) is 1. The van der Waals surface area contributed by atoms with Crippen molar-refractivity contribution in [3.63, 3.8) is 0 Å². The Morgan fingerprint density at radius 2 is 1.41 bits per heavy atom. The third-order valence-electron chi connectivity index (χ3n) is 5.90. The van der Waals surface area contributed by atoms with E-state index < -0.39 is 0 Å². The van der Waals surface area contributed by atoms with Crippen molar-refractivity contribution in [1.29, 1.82) is 0 Å². The van der Waals surface area contributed by atoms with Crippen LogP contribution in [0.4, 0.5) is 0 Å². The number of hydrogen-bond acceptors (Lipinski definition) is 0. The largest absolute Gasteiger partial charge is 0.354 e. The van der Waals surface area contributed by atoms with E-state index in [-0.39, 0.29) is 0 Å². The summed E-state index contributed by atoms with van der Waals surface area (Å²) in [5.74, 6) is 0. The first-order valence-electron chi connectivity index (χ1n) is 9.08. The van der Waals surface area contributed by atoms with Gasteiger partial charge >= 0.3 is 0 Å². The van der Waals surface area contributed by atoms with Crippen LogP contribution in [-0.2, 0) is 0 Å². The van der Waals surface area contributed by atoms with Crippen molar-refractivity contribution in [3.8, 4) is 0 Å². The molecule has 4 aromatic carbocycles. The quantitative estimate of drug-likeness (QED) is 0.295. The lowest BCUT2D eigenvalue weighted by atomic mass is 10.0. The van der Waals surface area contributed by atoms with Gasteiger partial charge in [0.2, 0.25) is 0 Å². The van der Waals surface area contributed by atoms with Crippen LogP contribution in [0.25, 0.3) is 59.9 Å². The number of nitrogens with one attached hydrogen (secondary N) is 1. The highest BCUT2D eigenvalue weighted by Gasteiger charge is 2.21. The molecular formula is C24H13ClN2. The summed E-state index contributed by atoms with van der Waals surface area (Å²) < 4.78 is 2.41. The highest BCUT2D eigenvalue weighted by Crippen LogP contribution is 2.44. The molecule has 0 fully saturated rings. The molecule has 0 spiro atoms. The van der Waals surface area contributed by atoms with Crippen molar-refractivity contribution in [2.24, 2.45) is 0 Å². The highest BCUT2D eigenvalue weighted by molar-refractivity contribution is 6.35. The number of nitrogens with zero attached hydrogens (tertiary/aromatic N) is 1. The van der Waals surface area contributed by atoms with Crippen molar-refractivity contribution in [2.75, 3.05) is 0 Å². The molecule has 7 aromatic rings. The van der Waals surface area contributed by atoms with Gasteiger partial charge < -0.3 is 9.38 Å². The number of aromatic amines is 1. The van der Waals surface area contributed by atoms with E-state index in [2.05, 4.69) is 76.1 Å². The second-order valence-electron chi connectivity index (χ2n) is 7.25. The Hall–Kier alpha value is -3.23. The summed E-state index contributed by atoms with van der Waals surface area (Å²) in [6, 6.07) is 25.8. The van der Waals surface area contributed by atoms with Crippen molar-refractivity contribution in [3.05, 3.63) is 77.8 Å². The molecule has 0 aliphatic rings. The van der Waals surface area contributed by atoms with E-state index in [0.717, 1.165) is 10.5 Å². The summed E-state index contributed by atoms with van der Waals surface area (Å²) >= 11 is 6.32. The standard InChI is InChI=1S/C24H13ClN2/c25-13-9-10-19-16(11-13)17-12-18-14-5-1-3-7-20(14)27-21-8-4-2-6-15(21)22(24(18)27)23(17)26-19/h1-12,26H. The zero-order valence-corrected chi connectivity index (χ0v) is 15.0. The maximum atomic E-state index is 6.32. The van der Waals surface area contributed by atoms with E-state index in [1.54, 1.807) is 0 Å². The monoisotopic (exact) mass is 364 g/mol. The number of para-hydroxylation sites is 2.